The number of halogens is 2. The quantitative estimate of drug-likeness (QED) is 0.820. The Morgan fingerprint density at radius 2 is 2.33 bits per heavy atom. The van der Waals surface area contributed by atoms with Gasteiger partial charge < -0.3 is 5.73 Å². The van der Waals surface area contributed by atoms with Crippen molar-refractivity contribution in [3.05, 3.63) is 34.1 Å². The van der Waals surface area contributed by atoms with Crippen molar-refractivity contribution in [3.8, 4) is 0 Å². The van der Waals surface area contributed by atoms with Crippen LogP contribution in [0.2, 0.25) is 5.02 Å². The summed E-state index contributed by atoms with van der Waals surface area (Å²) < 4.78 is 13.2. The Balaban J connectivity index is 2.43. The molecule has 2 unspecified atom stereocenters. The highest BCUT2D eigenvalue weighted by molar-refractivity contribution is 7.99. The lowest BCUT2D eigenvalue weighted by molar-refractivity contribution is 0.613. The monoisotopic (exact) mass is 245 g/mol. The van der Waals surface area contributed by atoms with E-state index in [-0.39, 0.29) is 16.9 Å². The van der Waals surface area contributed by atoms with E-state index < -0.39 is 0 Å². The van der Waals surface area contributed by atoms with Gasteiger partial charge in [0.15, 0.2) is 0 Å². The molecule has 0 saturated carbocycles. The lowest BCUT2D eigenvalue weighted by atomic mass is 9.97. The van der Waals surface area contributed by atoms with Crippen molar-refractivity contribution in [2.24, 2.45) is 5.73 Å². The molecule has 0 spiro atoms. The lowest BCUT2D eigenvalue weighted by Gasteiger charge is -2.30. The molecule has 1 aromatic rings. The highest BCUT2D eigenvalue weighted by atomic mass is 35.5. The Morgan fingerprint density at radius 3 is 3.00 bits per heavy atom. The molecule has 0 aliphatic carbocycles. The van der Waals surface area contributed by atoms with Gasteiger partial charge in [-0.15, -0.1) is 0 Å². The van der Waals surface area contributed by atoms with Crippen molar-refractivity contribution in [3.63, 3.8) is 0 Å². The van der Waals surface area contributed by atoms with Crippen molar-refractivity contribution in [1.82, 2.24) is 0 Å². The summed E-state index contributed by atoms with van der Waals surface area (Å²) in [7, 11) is 0. The summed E-state index contributed by atoms with van der Waals surface area (Å²) >= 11 is 7.56. The average Bonchev–Trinajstić information content (AvgIpc) is 2.22. The van der Waals surface area contributed by atoms with Gasteiger partial charge in [-0.05, 0) is 29.7 Å². The SMILES string of the molecule is CCC1SCc2cc(F)c(Cl)cc2C1N. The zero-order valence-corrected chi connectivity index (χ0v) is 10.0. The third-order valence-electron chi connectivity index (χ3n) is 2.80. The van der Waals surface area contributed by atoms with E-state index in [2.05, 4.69) is 6.92 Å². The van der Waals surface area contributed by atoms with E-state index in [1.165, 1.54) is 6.07 Å². The Hall–Kier alpha value is -0.250. The third kappa shape index (κ3) is 2.01. The fourth-order valence-corrected chi connectivity index (χ4v) is 3.32. The number of fused-ring (bicyclic) bond motifs is 1. The highest BCUT2D eigenvalue weighted by Gasteiger charge is 2.26. The van der Waals surface area contributed by atoms with E-state index in [0.717, 1.165) is 23.3 Å². The number of hydrogen-bond donors (Lipinski definition) is 1. The van der Waals surface area contributed by atoms with Crippen molar-refractivity contribution in [2.45, 2.75) is 30.4 Å². The first-order chi connectivity index (χ1) is 7.13. The van der Waals surface area contributed by atoms with Gasteiger partial charge in [0.05, 0.1) is 5.02 Å². The van der Waals surface area contributed by atoms with Crippen molar-refractivity contribution >= 4 is 23.4 Å². The van der Waals surface area contributed by atoms with Gasteiger partial charge in [-0.1, -0.05) is 18.5 Å². The van der Waals surface area contributed by atoms with Crippen LogP contribution in [0.4, 0.5) is 4.39 Å². The van der Waals surface area contributed by atoms with E-state index in [0.29, 0.717) is 5.25 Å². The van der Waals surface area contributed by atoms with E-state index in [4.69, 9.17) is 17.3 Å². The van der Waals surface area contributed by atoms with Crippen molar-refractivity contribution in [2.75, 3.05) is 0 Å². The summed E-state index contributed by atoms with van der Waals surface area (Å²) in [6, 6.07) is 3.16. The first kappa shape index (κ1) is 11.2. The molecule has 2 rings (SSSR count). The van der Waals surface area contributed by atoms with Crippen LogP contribution in [0, 0.1) is 5.82 Å². The van der Waals surface area contributed by atoms with Gasteiger partial charge in [0.25, 0.3) is 0 Å². The molecule has 0 fully saturated rings. The standard InChI is InChI=1S/C11H13ClFNS/c1-2-10-11(14)7-4-8(12)9(13)3-6(7)5-15-10/h3-4,10-11H,2,5,14H2,1H3. The van der Waals surface area contributed by atoms with Crippen LogP contribution in [0.3, 0.4) is 0 Å². The fourth-order valence-electron chi connectivity index (χ4n) is 1.91. The summed E-state index contributed by atoms with van der Waals surface area (Å²) in [6.45, 7) is 2.12. The molecule has 82 valence electrons. The summed E-state index contributed by atoms with van der Waals surface area (Å²) in [5, 5.41) is 0.588. The largest absolute Gasteiger partial charge is 0.323 e. The highest BCUT2D eigenvalue weighted by Crippen LogP contribution is 2.39. The zero-order valence-electron chi connectivity index (χ0n) is 8.47. The smallest absolute Gasteiger partial charge is 0.142 e. The van der Waals surface area contributed by atoms with Crippen LogP contribution >= 0.6 is 23.4 Å². The van der Waals surface area contributed by atoms with E-state index in [9.17, 15) is 4.39 Å². The van der Waals surface area contributed by atoms with Crippen LogP contribution < -0.4 is 5.73 Å². The Labute approximate surface area is 98.2 Å². The molecule has 2 atom stereocenters. The molecular weight excluding hydrogens is 233 g/mol. The van der Waals surface area contributed by atoms with Crippen molar-refractivity contribution in [1.29, 1.82) is 0 Å². The van der Waals surface area contributed by atoms with Crippen LogP contribution in [0.5, 0.6) is 0 Å². The molecule has 1 nitrogen and oxygen atoms in total. The summed E-state index contributed by atoms with van der Waals surface area (Å²) in [4.78, 5) is 0. The van der Waals surface area contributed by atoms with Gasteiger partial charge in [-0.3, -0.25) is 0 Å². The summed E-state index contributed by atoms with van der Waals surface area (Å²) in [6.07, 6.45) is 1.03. The fraction of sp³-hybridized carbons (Fsp3) is 0.455. The van der Waals surface area contributed by atoms with Gasteiger partial charge in [-0.25, -0.2) is 4.39 Å². The first-order valence-corrected chi connectivity index (χ1v) is 6.41. The Bertz CT molecular complexity index is 383. The maximum absolute atomic E-state index is 13.2. The predicted molar refractivity (Wildman–Crippen MR) is 63.7 cm³/mol. The Morgan fingerprint density at radius 1 is 1.60 bits per heavy atom. The molecule has 2 N–H and O–H groups in total. The maximum atomic E-state index is 13.2. The van der Waals surface area contributed by atoms with Gasteiger partial charge in [-0.2, -0.15) is 11.8 Å². The number of hydrogen-bond acceptors (Lipinski definition) is 2. The van der Waals surface area contributed by atoms with Gasteiger partial charge >= 0.3 is 0 Å². The molecule has 15 heavy (non-hydrogen) atoms. The Kier molecular flexibility index (Phi) is 3.24. The molecular formula is C11H13ClFNS. The van der Waals surface area contributed by atoms with Crippen molar-refractivity contribution < 1.29 is 4.39 Å². The molecule has 0 bridgehead atoms. The second-order valence-electron chi connectivity index (χ2n) is 3.75. The molecule has 1 aromatic carbocycles. The average molecular weight is 246 g/mol. The van der Waals surface area contributed by atoms with Crippen LogP contribution in [0.1, 0.15) is 30.5 Å². The molecule has 0 aromatic heterocycles. The van der Waals surface area contributed by atoms with Crippen LogP contribution in [-0.4, -0.2) is 5.25 Å². The second-order valence-corrected chi connectivity index (χ2v) is 5.38. The molecule has 4 heteroatoms. The van der Waals surface area contributed by atoms with Crippen LogP contribution in [-0.2, 0) is 5.75 Å². The van der Waals surface area contributed by atoms with Gasteiger partial charge in [0, 0.05) is 17.0 Å². The first-order valence-electron chi connectivity index (χ1n) is 4.98. The summed E-state index contributed by atoms with van der Waals surface area (Å²) in [5.41, 5.74) is 8.11. The minimum atomic E-state index is -0.349. The minimum absolute atomic E-state index is 0.0261. The van der Waals surface area contributed by atoms with E-state index in [1.807, 2.05) is 0 Å². The van der Waals surface area contributed by atoms with Crippen LogP contribution in [0.25, 0.3) is 0 Å². The molecule has 0 amide bonds. The predicted octanol–water partition coefficient (Wildman–Crippen LogP) is 3.50. The molecule has 0 saturated heterocycles. The molecule has 1 aliphatic heterocycles. The van der Waals surface area contributed by atoms with Gasteiger partial charge in [0.2, 0.25) is 0 Å². The number of benzene rings is 1. The molecule has 0 radical (unpaired) electrons. The van der Waals surface area contributed by atoms with Gasteiger partial charge in [0.1, 0.15) is 5.82 Å². The van der Waals surface area contributed by atoms with E-state index in [1.54, 1.807) is 17.8 Å². The third-order valence-corrected chi connectivity index (χ3v) is 4.62. The maximum Gasteiger partial charge on any atom is 0.142 e. The van der Waals surface area contributed by atoms with E-state index >= 15 is 0 Å². The number of nitrogens with two attached hydrogens (primary N) is 1. The second kappa shape index (κ2) is 4.32. The lowest BCUT2D eigenvalue weighted by Crippen LogP contribution is -2.27. The summed E-state index contributed by atoms with van der Waals surface area (Å²) in [5.74, 6) is 0.480. The molecule has 1 aliphatic rings. The zero-order chi connectivity index (χ0) is 11.0. The number of rotatable bonds is 1. The molecule has 1 heterocycles. The normalized spacial score (nSPS) is 25.1. The van der Waals surface area contributed by atoms with Crippen LogP contribution in [0.15, 0.2) is 12.1 Å². The minimum Gasteiger partial charge on any atom is -0.323 e. The number of thioether (sulfide) groups is 1. The topological polar surface area (TPSA) is 26.0 Å².